The number of nitrogens with one attached hydrogen (secondary N) is 1. The fourth-order valence-electron chi connectivity index (χ4n) is 2.27. The van der Waals surface area contributed by atoms with E-state index in [1.165, 1.54) is 12.8 Å². The molecule has 1 aromatic heterocycles. The molecule has 3 rings (SSSR count). The van der Waals surface area contributed by atoms with E-state index in [1.54, 1.807) is 12.1 Å². The Balaban J connectivity index is 1.79. The highest BCUT2D eigenvalue weighted by Gasteiger charge is 2.20. The van der Waals surface area contributed by atoms with E-state index < -0.39 is 0 Å². The third-order valence-electron chi connectivity index (χ3n) is 3.55. The van der Waals surface area contributed by atoms with Gasteiger partial charge in [-0.25, -0.2) is 4.98 Å². The number of aromatic hydroxyl groups is 1. The number of aromatic nitrogens is 1. The summed E-state index contributed by atoms with van der Waals surface area (Å²) in [4.78, 5) is 6.58. The first-order chi connectivity index (χ1) is 9.24. The molecule has 0 spiro atoms. The highest BCUT2D eigenvalue weighted by molar-refractivity contribution is 5.93. The van der Waals surface area contributed by atoms with Crippen LogP contribution < -0.4 is 10.2 Å². The number of hydrogen-bond donors (Lipinski definition) is 2. The number of hydrogen-bond acceptors (Lipinski definition) is 4. The molecule has 19 heavy (non-hydrogen) atoms. The molecule has 0 amide bonds. The maximum absolute atomic E-state index is 9.63. The van der Waals surface area contributed by atoms with E-state index in [9.17, 15) is 5.11 Å². The molecule has 1 aromatic carbocycles. The SMILES string of the molecule is CN(CCNC1CC1)c1nccc2ccc(O)cc12. The Hall–Kier alpha value is -1.81. The minimum atomic E-state index is 0.284. The summed E-state index contributed by atoms with van der Waals surface area (Å²) in [6.07, 6.45) is 4.44. The second-order valence-corrected chi connectivity index (χ2v) is 5.19. The number of pyridine rings is 1. The van der Waals surface area contributed by atoms with Gasteiger partial charge in [0.15, 0.2) is 0 Å². The Bertz CT molecular complexity index is 581. The van der Waals surface area contributed by atoms with Crippen LogP contribution in [0.25, 0.3) is 10.8 Å². The van der Waals surface area contributed by atoms with Gasteiger partial charge in [0.05, 0.1) is 0 Å². The van der Waals surface area contributed by atoms with Crippen molar-refractivity contribution in [3.63, 3.8) is 0 Å². The molecule has 100 valence electrons. The van der Waals surface area contributed by atoms with E-state index in [0.29, 0.717) is 0 Å². The zero-order chi connectivity index (χ0) is 13.2. The van der Waals surface area contributed by atoms with Gasteiger partial charge in [-0.05, 0) is 36.4 Å². The van der Waals surface area contributed by atoms with Gasteiger partial charge in [0.1, 0.15) is 11.6 Å². The summed E-state index contributed by atoms with van der Waals surface area (Å²) in [7, 11) is 2.04. The third kappa shape index (κ3) is 2.79. The van der Waals surface area contributed by atoms with E-state index in [4.69, 9.17) is 0 Å². The molecule has 4 nitrogen and oxygen atoms in total. The number of fused-ring (bicyclic) bond motifs is 1. The van der Waals surface area contributed by atoms with Gasteiger partial charge in [-0.15, -0.1) is 0 Å². The highest BCUT2D eigenvalue weighted by Crippen LogP contribution is 2.27. The van der Waals surface area contributed by atoms with Crippen molar-refractivity contribution in [2.24, 2.45) is 0 Å². The molecule has 0 atom stereocenters. The number of benzene rings is 1. The Morgan fingerprint density at radius 2 is 2.21 bits per heavy atom. The van der Waals surface area contributed by atoms with Crippen LogP contribution in [0.1, 0.15) is 12.8 Å². The van der Waals surface area contributed by atoms with Gasteiger partial charge in [-0.3, -0.25) is 0 Å². The summed E-state index contributed by atoms with van der Waals surface area (Å²) in [6.45, 7) is 1.89. The van der Waals surface area contributed by atoms with Gasteiger partial charge < -0.3 is 15.3 Å². The van der Waals surface area contributed by atoms with Gasteiger partial charge in [0.2, 0.25) is 0 Å². The molecule has 1 aliphatic carbocycles. The quantitative estimate of drug-likeness (QED) is 0.861. The number of anilines is 1. The zero-order valence-electron chi connectivity index (χ0n) is 11.1. The van der Waals surface area contributed by atoms with Crippen LogP contribution in [0.4, 0.5) is 5.82 Å². The normalized spacial score (nSPS) is 14.8. The maximum atomic E-state index is 9.63. The van der Waals surface area contributed by atoms with Gasteiger partial charge in [0, 0.05) is 37.8 Å². The Morgan fingerprint density at radius 3 is 3.00 bits per heavy atom. The summed E-state index contributed by atoms with van der Waals surface area (Å²) in [5.74, 6) is 1.21. The highest BCUT2D eigenvalue weighted by atomic mass is 16.3. The Morgan fingerprint density at radius 1 is 1.37 bits per heavy atom. The lowest BCUT2D eigenvalue weighted by Gasteiger charge is -2.20. The topological polar surface area (TPSA) is 48.4 Å². The van der Waals surface area contributed by atoms with Crippen LogP contribution in [-0.4, -0.2) is 36.3 Å². The van der Waals surface area contributed by atoms with Gasteiger partial charge in [0.25, 0.3) is 0 Å². The monoisotopic (exact) mass is 257 g/mol. The predicted molar refractivity (Wildman–Crippen MR) is 77.7 cm³/mol. The number of likely N-dealkylation sites (N-methyl/N-ethyl adjacent to an activating group) is 1. The van der Waals surface area contributed by atoms with Crippen molar-refractivity contribution in [1.29, 1.82) is 0 Å². The molecule has 0 radical (unpaired) electrons. The number of phenolic OH excluding ortho intramolecular Hbond substituents is 1. The van der Waals surface area contributed by atoms with Gasteiger partial charge in [-0.1, -0.05) is 6.07 Å². The molecule has 2 aromatic rings. The van der Waals surface area contributed by atoms with E-state index in [1.807, 2.05) is 25.4 Å². The van der Waals surface area contributed by atoms with E-state index >= 15 is 0 Å². The minimum absolute atomic E-state index is 0.284. The molecule has 4 heteroatoms. The summed E-state index contributed by atoms with van der Waals surface area (Å²) in [6, 6.07) is 8.11. The number of phenols is 1. The molecular formula is C15H19N3O. The predicted octanol–water partition coefficient (Wildman–Crippen LogP) is 2.13. The van der Waals surface area contributed by atoms with Crippen molar-refractivity contribution in [3.05, 3.63) is 30.5 Å². The Labute approximate surface area is 113 Å². The van der Waals surface area contributed by atoms with Gasteiger partial charge >= 0.3 is 0 Å². The molecule has 0 bridgehead atoms. The third-order valence-corrected chi connectivity index (χ3v) is 3.55. The van der Waals surface area contributed by atoms with E-state index in [2.05, 4.69) is 15.2 Å². The van der Waals surface area contributed by atoms with Gasteiger partial charge in [-0.2, -0.15) is 0 Å². The van der Waals surface area contributed by atoms with Crippen LogP contribution in [0.5, 0.6) is 5.75 Å². The molecular weight excluding hydrogens is 238 g/mol. The number of rotatable bonds is 5. The van der Waals surface area contributed by atoms with E-state index in [0.717, 1.165) is 35.7 Å². The van der Waals surface area contributed by atoms with Crippen molar-refractivity contribution in [2.75, 3.05) is 25.0 Å². The number of nitrogens with zero attached hydrogens (tertiary/aromatic N) is 2. The lowest BCUT2D eigenvalue weighted by Crippen LogP contribution is -2.30. The molecule has 0 saturated heterocycles. The summed E-state index contributed by atoms with van der Waals surface area (Å²) in [5, 5.41) is 15.2. The molecule has 1 saturated carbocycles. The summed E-state index contributed by atoms with van der Waals surface area (Å²) >= 11 is 0. The molecule has 1 fully saturated rings. The van der Waals surface area contributed by atoms with Crippen molar-refractivity contribution in [3.8, 4) is 5.75 Å². The van der Waals surface area contributed by atoms with Crippen molar-refractivity contribution in [2.45, 2.75) is 18.9 Å². The van der Waals surface area contributed by atoms with Crippen LogP contribution in [0.3, 0.4) is 0 Å². The van der Waals surface area contributed by atoms with Crippen LogP contribution in [-0.2, 0) is 0 Å². The largest absolute Gasteiger partial charge is 0.508 e. The average Bonchev–Trinajstić information content (AvgIpc) is 3.22. The summed E-state index contributed by atoms with van der Waals surface area (Å²) < 4.78 is 0. The zero-order valence-corrected chi connectivity index (χ0v) is 11.1. The smallest absolute Gasteiger partial charge is 0.136 e. The lowest BCUT2D eigenvalue weighted by molar-refractivity contribution is 0.476. The lowest BCUT2D eigenvalue weighted by atomic mass is 10.1. The second-order valence-electron chi connectivity index (χ2n) is 5.19. The molecule has 1 aliphatic rings. The minimum Gasteiger partial charge on any atom is -0.508 e. The van der Waals surface area contributed by atoms with Crippen LogP contribution in [0.2, 0.25) is 0 Å². The first kappa shape index (κ1) is 12.2. The molecule has 0 aliphatic heterocycles. The van der Waals surface area contributed by atoms with Crippen LogP contribution in [0, 0.1) is 0 Å². The Kier molecular flexibility index (Phi) is 3.25. The molecule has 0 unspecified atom stereocenters. The van der Waals surface area contributed by atoms with Crippen molar-refractivity contribution >= 4 is 16.6 Å². The summed E-state index contributed by atoms with van der Waals surface area (Å²) in [5.41, 5.74) is 0. The maximum Gasteiger partial charge on any atom is 0.136 e. The second kappa shape index (κ2) is 5.05. The van der Waals surface area contributed by atoms with Crippen LogP contribution >= 0.6 is 0 Å². The first-order valence-electron chi connectivity index (χ1n) is 6.76. The fourth-order valence-corrected chi connectivity index (χ4v) is 2.27. The van der Waals surface area contributed by atoms with E-state index in [-0.39, 0.29) is 5.75 Å². The molecule has 1 heterocycles. The average molecular weight is 257 g/mol. The standard InChI is InChI=1S/C15H19N3O/c1-18(9-8-16-12-3-4-12)15-14-10-13(19)5-2-11(14)6-7-17-15/h2,5-7,10,12,16,19H,3-4,8-9H2,1H3. The van der Waals surface area contributed by atoms with Crippen molar-refractivity contribution < 1.29 is 5.11 Å². The van der Waals surface area contributed by atoms with Crippen molar-refractivity contribution in [1.82, 2.24) is 10.3 Å². The molecule has 2 N–H and O–H groups in total. The van der Waals surface area contributed by atoms with Crippen LogP contribution in [0.15, 0.2) is 30.5 Å². The fraction of sp³-hybridized carbons (Fsp3) is 0.400. The first-order valence-corrected chi connectivity index (χ1v) is 6.76.